The maximum absolute atomic E-state index is 8.95. The second-order valence-corrected chi connectivity index (χ2v) is 6.94. The highest BCUT2D eigenvalue weighted by Gasteiger charge is 2.32. The number of rotatable bonds is 5. The van der Waals surface area contributed by atoms with Gasteiger partial charge in [0.05, 0.1) is 26.4 Å². The van der Waals surface area contributed by atoms with E-state index < -0.39 is 5.79 Å². The van der Waals surface area contributed by atoms with E-state index >= 15 is 0 Å². The fraction of sp³-hybridized carbons (Fsp3) is 0.667. The molecule has 0 aromatic heterocycles. The predicted octanol–water partition coefficient (Wildman–Crippen LogP) is 2.31. The van der Waals surface area contributed by atoms with Crippen LogP contribution in [0, 0.1) is 0 Å². The Balaban J connectivity index is 1.68. The minimum absolute atomic E-state index is 0.0189. The van der Waals surface area contributed by atoms with Crippen molar-refractivity contribution in [3.8, 4) is 0 Å². The number of allylic oxidation sites excluding steroid dienone is 2. The third kappa shape index (κ3) is 4.29. The van der Waals surface area contributed by atoms with Gasteiger partial charge in [-0.15, -0.1) is 0 Å². The first-order valence-corrected chi connectivity index (χ1v) is 7.99. The summed E-state index contributed by atoms with van der Waals surface area (Å²) in [6.45, 7) is 5.62. The minimum atomic E-state index is -0.485. The summed E-state index contributed by atoms with van der Waals surface area (Å²) in [5.41, 5.74) is 0. The third-order valence-corrected chi connectivity index (χ3v) is 5.05. The largest absolute Gasteiger partial charge is 0.391 e. The molecule has 0 amide bonds. The van der Waals surface area contributed by atoms with Crippen LogP contribution in [0.15, 0.2) is 22.0 Å². The molecular weight excluding hydrogens is 272 g/mol. The van der Waals surface area contributed by atoms with E-state index in [1.165, 1.54) is 0 Å². The zero-order valence-corrected chi connectivity index (χ0v) is 12.2. The summed E-state index contributed by atoms with van der Waals surface area (Å²) in [5, 5.41) is 8.95. The van der Waals surface area contributed by atoms with Crippen LogP contribution in [0.2, 0.25) is 0 Å². The minimum Gasteiger partial charge on any atom is -0.391 e. The van der Waals surface area contributed by atoms with Gasteiger partial charge in [0.25, 0.3) is 0 Å². The molecule has 0 aliphatic carbocycles. The molecule has 2 rings (SSSR count). The Morgan fingerprint density at radius 2 is 2.11 bits per heavy atom. The lowest BCUT2D eigenvalue weighted by Crippen LogP contribution is -2.24. The van der Waals surface area contributed by atoms with E-state index in [2.05, 4.69) is 0 Å². The Bertz CT molecular complexity index is 352. The average Bonchev–Trinajstić information content (AvgIpc) is 2.70. The molecule has 102 valence electrons. The van der Waals surface area contributed by atoms with Gasteiger partial charge >= 0.3 is 0 Å². The van der Waals surface area contributed by atoms with E-state index in [1.807, 2.05) is 26.0 Å². The van der Waals surface area contributed by atoms with E-state index in [-0.39, 0.29) is 12.7 Å². The van der Waals surface area contributed by atoms with Crippen LogP contribution in [-0.4, -0.2) is 43.4 Å². The van der Waals surface area contributed by atoms with Gasteiger partial charge in [-0.25, -0.2) is 0 Å². The van der Waals surface area contributed by atoms with Crippen molar-refractivity contribution in [1.29, 1.82) is 0 Å². The van der Waals surface area contributed by atoms with Crippen molar-refractivity contribution in [3.63, 3.8) is 0 Å². The Labute approximate surface area is 115 Å². The average molecular weight is 290 g/mol. The van der Waals surface area contributed by atoms with E-state index in [0.29, 0.717) is 19.8 Å². The Morgan fingerprint density at radius 3 is 2.67 bits per heavy atom. The highest BCUT2D eigenvalue weighted by molar-refractivity contribution is 8.79. The van der Waals surface area contributed by atoms with Crippen molar-refractivity contribution in [1.82, 2.24) is 0 Å². The number of hydrogen-bond acceptors (Lipinski definition) is 6. The fourth-order valence-electron chi connectivity index (χ4n) is 1.64. The molecule has 4 nitrogen and oxygen atoms in total. The van der Waals surface area contributed by atoms with Crippen molar-refractivity contribution in [3.05, 3.63) is 22.0 Å². The van der Waals surface area contributed by atoms with Gasteiger partial charge in [-0.1, -0.05) is 21.6 Å². The van der Waals surface area contributed by atoms with Gasteiger partial charge in [-0.2, -0.15) is 0 Å². The summed E-state index contributed by atoms with van der Waals surface area (Å²) in [6.07, 6.45) is 3.94. The number of aliphatic hydroxyl groups is 1. The van der Waals surface area contributed by atoms with Crippen LogP contribution in [0.1, 0.15) is 13.8 Å². The lowest BCUT2D eigenvalue weighted by Gasteiger charge is -2.17. The van der Waals surface area contributed by atoms with Gasteiger partial charge in [0, 0.05) is 9.81 Å². The first kappa shape index (κ1) is 14.4. The van der Waals surface area contributed by atoms with E-state index in [1.54, 1.807) is 21.6 Å². The standard InChI is InChI=1S/C12H18O4S2/c1-12(2)15-7-9(16-12)6-14-8-11-4-3-10(5-13)17-18-11/h3-4,9,13H,5-8H2,1-2H3. The van der Waals surface area contributed by atoms with Gasteiger partial charge in [0.2, 0.25) is 0 Å². The summed E-state index contributed by atoms with van der Waals surface area (Å²) in [6, 6.07) is 0. The van der Waals surface area contributed by atoms with E-state index in [0.717, 1.165) is 9.81 Å². The smallest absolute Gasteiger partial charge is 0.163 e. The van der Waals surface area contributed by atoms with Crippen molar-refractivity contribution in [2.45, 2.75) is 25.7 Å². The summed E-state index contributed by atoms with van der Waals surface area (Å²) in [4.78, 5) is 2.12. The quantitative estimate of drug-likeness (QED) is 0.784. The molecule has 1 unspecified atom stereocenters. The van der Waals surface area contributed by atoms with Crippen LogP contribution in [-0.2, 0) is 14.2 Å². The van der Waals surface area contributed by atoms with Crippen molar-refractivity contribution < 1.29 is 19.3 Å². The second kappa shape index (κ2) is 6.45. The number of hydrogen-bond donors (Lipinski definition) is 1. The Hall–Kier alpha value is 0.0200. The van der Waals surface area contributed by atoms with Gasteiger partial charge in [-0.3, -0.25) is 0 Å². The lowest BCUT2D eigenvalue weighted by molar-refractivity contribution is -0.144. The molecule has 0 aromatic rings. The highest BCUT2D eigenvalue weighted by Crippen LogP contribution is 2.39. The van der Waals surface area contributed by atoms with Crippen molar-refractivity contribution in [2.24, 2.45) is 0 Å². The molecule has 2 aliphatic heterocycles. The van der Waals surface area contributed by atoms with Gasteiger partial charge < -0.3 is 19.3 Å². The zero-order chi connectivity index (χ0) is 13.0. The summed E-state index contributed by atoms with van der Waals surface area (Å²) < 4.78 is 16.7. The first-order chi connectivity index (χ1) is 8.59. The van der Waals surface area contributed by atoms with Crippen LogP contribution in [0.5, 0.6) is 0 Å². The maximum Gasteiger partial charge on any atom is 0.163 e. The molecule has 2 aliphatic rings. The number of ether oxygens (including phenoxy) is 3. The van der Waals surface area contributed by atoms with Crippen LogP contribution in [0.4, 0.5) is 0 Å². The Morgan fingerprint density at radius 1 is 1.39 bits per heavy atom. The SMILES string of the molecule is CC1(C)OCC(COCC2=CC=C(CO)SS2)O1. The van der Waals surface area contributed by atoms with E-state index in [4.69, 9.17) is 19.3 Å². The highest BCUT2D eigenvalue weighted by atomic mass is 33.1. The molecule has 0 aromatic carbocycles. The topological polar surface area (TPSA) is 47.9 Å². The molecule has 0 radical (unpaired) electrons. The van der Waals surface area contributed by atoms with Crippen LogP contribution < -0.4 is 0 Å². The summed E-state index contributed by atoms with van der Waals surface area (Å²) in [5.74, 6) is -0.485. The molecule has 0 spiro atoms. The van der Waals surface area contributed by atoms with E-state index in [9.17, 15) is 0 Å². The van der Waals surface area contributed by atoms with Crippen LogP contribution >= 0.6 is 21.6 Å². The summed E-state index contributed by atoms with van der Waals surface area (Å²) >= 11 is 0. The molecular formula is C12H18O4S2. The van der Waals surface area contributed by atoms with Crippen molar-refractivity contribution >= 4 is 21.6 Å². The second-order valence-electron chi connectivity index (χ2n) is 4.56. The molecule has 6 heteroatoms. The maximum atomic E-state index is 8.95. The first-order valence-electron chi connectivity index (χ1n) is 5.84. The molecule has 0 saturated carbocycles. The molecule has 1 saturated heterocycles. The van der Waals surface area contributed by atoms with Gasteiger partial charge in [0.15, 0.2) is 5.79 Å². The fourth-order valence-corrected chi connectivity index (χ4v) is 3.56. The molecule has 0 bridgehead atoms. The Kier molecular flexibility index (Phi) is 5.17. The molecule has 1 atom stereocenters. The van der Waals surface area contributed by atoms with Crippen LogP contribution in [0.3, 0.4) is 0 Å². The van der Waals surface area contributed by atoms with Gasteiger partial charge in [-0.05, 0) is 26.0 Å². The monoisotopic (exact) mass is 290 g/mol. The van der Waals surface area contributed by atoms with Gasteiger partial charge in [0.1, 0.15) is 6.10 Å². The van der Waals surface area contributed by atoms with Crippen molar-refractivity contribution in [2.75, 3.05) is 26.4 Å². The normalized spacial score (nSPS) is 26.9. The predicted molar refractivity (Wildman–Crippen MR) is 74.2 cm³/mol. The molecule has 1 N–H and O–H groups in total. The van der Waals surface area contributed by atoms with Crippen LogP contribution in [0.25, 0.3) is 0 Å². The summed E-state index contributed by atoms with van der Waals surface area (Å²) in [7, 11) is 3.21. The molecule has 2 heterocycles. The lowest BCUT2D eigenvalue weighted by atomic mass is 10.4. The molecule has 1 fully saturated rings. The zero-order valence-electron chi connectivity index (χ0n) is 10.5. The third-order valence-electron chi connectivity index (χ3n) is 2.48. The molecule has 18 heavy (non-hydrogen) atoms. The number of aliphatic hydroxyl groups excluding tert-OH is 1.